The van der Waals surface area contributed by atoms with Crippen LogP contribution in [0.5, 0.6) is 5.75 Å². The molecule has 1 unspecified atom stereocenters. The van der Waals surface area contributed by atoms with Gasteiger partial charge in [0, 0.05) is 12.1 Å². The van der Waals surface area contributed by atoms with Crippen LogP contribution in [0.25, 0.3) is 0 Å². The molecule has 3 nitrogen and oxygen atoms in total. The molecule has 0 bridgehead atoms. The molecule has 0 saturated heterocycles. The molecule has 1 aromatic rings. The van der Waals surface area contributed by atoms with Gasteiger partial charge in [-0.2, -0.15) is 0 Å². The summed E-state index contributed by atoms with van der Waals surface area (Å²) in [5, 5.41) is 13.2. The summed E-state index contributed by atoms with van der Waals surface area (Å²) in [5.41, 5.74) is 0.834. The summed E-state index contributed by atoms with van der Waals surface area (Å²) in [5.74, 6) is 1.33. The van der Waals surface area contributed by atoms with Crippen LogP contribution in [0.4, 0.5) is 0 Å². The highest BCUT2D eigenvalue weighted by molar-refractivity contribution is 5.35. The molecule has 0 heterocycles. The lowest BCUT2D eigenvalue weighted by molar-refractivity contribution is 0.169. The largest absolute Gasteiger partial charge is 0.496 e. The molecule has 0 aromatic heterocycles. The molecule has 90 valence electrons. The molecule has 2 N–H and O–H groups in total. The lowest BCUT2D eigenvalue weighted by atomic mass is 10.1. The van der Waals surface area contributed by atoms with Gasteiger partial charge in [-0.1, -0.05) is 32.0 Å². The zero-order valence-electron chi connectivity index (χ0n) is 10.2. The monoisotopic (exact) mass is 223 g/mol. The number of benzene rings is 1. The van der Waals surface area contributed by atoms with Crippen LogP contribution in [0, 0.1) is 5.92 Å². The maximum Gasteiger partial charge on any atom is 0.124 e. The molecule has 0 fully saturated rings. The summed E-state index contributed by atoms with van der Waals surface area (Å²) < 4.78 is 5.21. The molecule has 0 spiro atoms. The van der Waals surface area contributed by atoms with Crippen molar-refractivity contribution in [2.45, 2.75) is 20.0 Å². The molecular formula is C13H21NO2. The predicted molar refractivity (Wildman–Crippen MR) is 65.7 cm³/mol. The average molecular weight is 223 g/mol. The Morgan fingerprint density at radius 2 is 1.94 bits per heavy atom. The van der Waals surface area contributed by atoms with Crippen molar-refractivity contribution in [1.29, 1.82) is 0 Å². The minimum absolute atomic E-state index is 0.519. The standard InChI is InChI=1S/C13H21NO2/c1-10(2)8-14-9-12(15)11-6-4-5-7-13(11)16-3/h4-7,10,12,14-15H,8-9H2,1-3H3. The number of ether oxygens (including phenoxy) is 1. The fourth-order valence-electron chi connectivity index (χ4n) is 1.56. The van der Waals surface area contributed by atoms with Gasteiger partial charge in [-0.3, -0.25) is 0 Å². The lowest BCUT2D eigenvalue weighted by Gasteiger charge is -2.16. The number of hydrogen-bond acceptors (Lipinski definition) is 3. The quantitative estimate of drug-likeness (QED) is 0.774. The van der Waals surface area contributed by atoms with Crippen LogP contribution in [0.2, 0.25) is 0 Å². The highest BCUT2D eigenvalue weighted by atomic mass is 16.5. The van der Waals surface area contributed by atoms with Gasteiger partial charge in [0.2, 0.25) is 0 Å². The smallest absolute Gasteiger partial charge is 0.124 e. The summed E-state index contributed by atoms with van der Waals surface area (Å²) in [6.45, 7) is 5.75. The van der Waals surface area contributed by atoms with E-state index in [9.17, 15) is 5.11 Å². The third-order valence-electron chi connectivity index (χ3n) is 2.39. The SMILES string of the molecule is COc1ccccc1C(O)CNCC(C)C. The molecule has 0 saturated carbocycles. The third-order valence-corrected chi connectivity index (χ3v) is 2.39. The number of nitrogens with one attached hydrogen (secondary N) is 1. The van der Waals surface area contributed by atoms with Crippen LogP contribution < -0.4 is 10.1 Å². The van der Waals surface area contributed by atoms with Crippen LogP contribution >= 0.6 is 0 Å². The third kappa shape index (κ3) is 3.83. The normalized spacial score (nSPS) is 12.8. The first-order valence-corrected chi connectivity index (χ1v) is 5.66. The number of methoxy groups -OCH3 is 1. The number of para-hydroxylation sites is 1. The predicted octanol–water partition coefficient (Wildman–Crippen LogP) is 1.97. The van der Waals surface area contributed by atoms with Gasteiger partial charge >= 0.3 is 0 Å². The second-order valence-corrected chi connectivity index (χ2v) is 4.31. The molecule has 0 aliphatic rings. The summed E-state index contributed by atoms with van der Waals surface area (Å²) in [6, 6.07) is 7.56. The van der Waals surface area contributed by atoms with Crippen LogP contribution in [0.3, 0.4) is 0 Å². The minimum Gasteiger partial charge on any atom is -0.496 e. The van der Waals surface area contributed by atoms with Gasteiger partial charge < -0.3 is 15.2 Å². The van der Waals surface area contributed by atoms with Crippen molar-refractivity contribution >= 4 is 0 Å². The van der Waals surface area contributed by atoms with Crippen LogP contribution in [0.1, 0.15) is 25.5 Å². The van der Waals surface area contributed by atoms with Crippen molar-refractivity contribution in [3.63, 3.8) is 0 Å². The van der Waals surface area contributed by atoms with E-state index in [4.69, 9.17) is 4.74 Å². The molecule has 0 aliphatic carbocycles. The fraction of sp³-hybridized carbons (Fsp3) is 0.538. The Kier molecular flexibility index (Phi) is 5.29. The number of rotatable bonds is 6. The van der Waals surface area contributed by atoms with E-state index in [0.29, 0.717) is 12.5 Å². The van der Waals surface area contributed by atoms with Crippen molar-refractivity contribution in [1.82, 2.24) is 5.32 Å². The topological polar surface area (TPSA) is 41.5 Å². The van der Waals surface area contributed by atoms with Crippen LogP contribution in [-0.4, -0.2) is 25.3 Å². The summed E-state index contributed by atoms with van der Waals surface area (Å²) in [6.07, 6.45) is -0.519. The number of aliphatic hydroxyl groups excluding tert-OH is 1. The van der Waals surface area contributed by atoms with E-state index in [0.717, 1.165) is 17.9 Å². The van der Waals surface area contributed by atoms with Gasteiger partial charge in [0.15, 0.2) is 0 Å². The Morgan fingerprint density at radius 1 is 1.25 bits per heavy atom. The highest BCUT2D eigenvalue weighted by Crippen LogP contribution is 2.23. The average Bonchev–Trinajstić information content (AvgIpc) is 2.28. The first kappa shape index (κ1) is 13.0. The second-order valence-electron chi connectivity index (χ2n) is 4.31. The van der Waals surface area contributed by atoms with E-state index in [1.165, 1.54) is 0 Å². The first-order valence-electron chi connectivity index (χ1n) is 5.66. The molecule has 0 amide bonds. The molecule has 0 radical (unpaired) electrons. The van der Waals surface area contributed by atoms with Crippen molar-refractivity contribution in [2.75, 3.05) is 20.2 Å². The molecule has 16 heavy (non-hydrogen) atoms. The van der Waals surface area contributed by atoms with Crippen LogP contribution in [-0.2, 0) is 0 Å². The van der Waals surface area contributed by atoms with E-state index >= 15 is 0 Å². The minimum atomic E-state index is -0.519. The Hall–Kier alpha value is -1.06. The Balaban J connectivity index is 2.55. The van der Waals surface area contributed by atoms with Gasteiger partial charge in [-0.15, -0.1) is 0 Å². The Morgan fingerprint density at radius 3 is 2.56 bits per heavy atom. The van der Waals surface area contributed by atoms with Crippen molar-refractivity contribution in [3.05, 3.63) is 29.8 Å². The highest BCUT2D eigenvalue weighted by Gasteiger charge is 2.11. The molecule has 1 atom stereocenters. The molecule has 0 aliphatic heterocycles. The molecule has 3 heteroatoms. The van der Waals surface area contributed by atoms with Crippen LogP contribution in [0.15, 0.2) is 24.3 Å². The Labute approximate surface area is 97.4 Å². The molecule has 1 rings (SSSR count). The van der Waals surface area contributed by atoms with Gasteiger partial charge in [-0.05, 0) is 18.5 Å². The summed E-state index contributed by atoms with van der Waals surface area (Å²) >= 11 is 0. The van der Waals surface area contributed by atoms with E-state index in [-0.39, 0.29) is 0 Å². The maximum atomic E-state index is 10.0. The van der Waals surface area contributed by atoms with Gasteiger partial charge in [0.25, 0.3) is 0 Å². The Bertz CT molecular complexity index is 313. The zero-order valence-corrected chi connectivity index (χ0v) is 10.2. The second kappa shape index (κ2) is 6.51. The summed E-state index contributed by atoms with van der Waals surface area (Å²) in [4.78, 5) is 0. The molecular weight excluding hydrogens is 202 g/mol. The zero-order chi connectivity index (χ0) is 12.0. The van der Waals surface area contributed by atoms with E-state index in [1.807, 2.05) is 24.3 Å². The summed E-state index contributed by atoms with van der Waals surface area (Å²) in [7, 11) is 1.62. The van der Waals surface area contributed by atoms with Gasteiger partial charge in [0.1, 0.15) is 5.75 Å². The van der Waals surface area contributed by atoms with Crippen molar-refractivity contribution in [3.8, 4) is 5.75 Å². The van der Waals surface area contributed by atoms with E-state index in [1.54, 1.807) is 7.11 Å². The van der Waals surface area contributed by atoms with Crippen molar-refractivity contribution < 1.29 is 9.84 Å². The van der Waals surface area contributed by atoms with Crippen molar-refractivity contribution in [2.24, 2.45) is 5.92 Å². The number of hydrogen-bond donors (Lipinski definition) is 2. The van der Waals surface area contributed by atoms with Gasteiger partial charge in [-0.25, -0.2) is 0 Å². The van der Waals surface area contributed by atoms with E-state index in [2.05, 4.69) is 19.2 Å². The molecule has 1 aromatic carbocycles. The fourth-order valence-corrected chi connectivity index (χ4v) is 1.56. The number of aliphatic hydroxyl groups is 1. The van der Waals surface area contributed by atoms with Gasteiger partial charge in [0.05, 0.1) is 13.2 Å². The lowest BCUT2D eigenvalue weighted by Crippen LogP contribution is -2.25. The first-order chi connectivity index (χ1) is 7.65. The van der Waals surface area contributed by atoms with E-state index < -0.39 is 6.10 Å². The maximum absolute atomic E-state index is 10.0.